The van der Waals surface area contributed by atoms with Crippen molar-refractivity contribution in [2.45, 2.75) is 246 Å². The van der Waals surface area contributed by atoms with Gasteiger partial charge in [0.2, 0.25) is 47.3 Å². The molecule has 1 saturated heterocycles. The second kappa shape index (κ2) is 75.6. The quantitative estimate of drug-likeness (QED) is 0.00607. The van der Waals surface area contributed by atoms with Gasteiger partial charge in [0.25, 0.3) is 0 Å². The van der Waals surface area contributed by atoms with Gasteiger partial charge in [-0.2, -0.15) is 0 Å². The van der Waals surface area contributed by atoms with Gasteiger partial charge in [-0.05, 0) is 24.8 Å². The van der Waals surface area contributed by atoms with Crippen molar-refractivity contribution in [2.75, 3.05) is 191 Å². The summed E-state index contributed by atoms with van der Waals surface area (Å²) in [5, 5.41) is 47.2. The molecule has 0 aromatic rings. The largest absolute Gasteiger partial charge is 0.465 e. The summed E-state index contributed by atoms with van der Waals surface area (Å²) in [5.74, 6) is -12.4. The zero-order chi connectivity index (χ0) is 103. The Morgan fingerprint density at radius 2 is 0.732 bits per heavy atom. The molecule has 0 saturated carbocycles. The van der Waals surface area contributed by atoms with Crippen LogP contribution in [0, 0.1) is 11.8 Å². The number of esters is 9. The van der Waals surface area contributed by atoms with E-state index in [0.717, 1.165) is 76.2 Å². The topological polar surface area (TPSA) is 679 Å². The number of aliphatic hydroxyl groups is 2. The summed E-state index contributed by atoms with van der Waals surface area (Å²) in [5.41, 5.74) is 7.00. The second-order valence-corrected chi connectivity index (χ2v) is 31.5. The van der Waals surface area contributed by atoms with Crippen molar-refractivity contribution in [1.29, 1.82) is 0 Å². The highest BCUT2D eigenvalue weighted by Crippen LogP contribution is 2.29. The van der Waals surface area contributed by atoms with Gasteiger partial charge in [0.05, 0.1) is 152 Å². The van der Waals surface area contributed by atoms with Gasteiger partial charge in [-0.1, -0.05) is 31.8 Å². The number of nitrogens with one attached hydrogen (secondary N) is 8. The van der Waals surface area contributed by atoms with Crippen molar-refractivity contribution in [2.24, 2.45) is 17.0 Å². The van der Waals surface area contributed by atoms with Crippen molar-refractivity contribution in [1.82, 2.24) is 42.5 Å². The summed E-state index contributed by atoms with van der Waals surface area (Å²) >= 11 is 0. The number of hydrogen-bond donors (Lipinski definition) is 10. The maximum atomic E-state index is 14.0. The number of ether oxygens (including phenoxy) is 22. The first kappa shape index (κ1) is 126. The molecule has 6 unspecified atom stereocenters. The van der Waals surface area contributed by atoms with E-state index in [1.54, 1.807) is 0 Å². The van der Waals surface area contributed by atoms with Gasteiger partial charge < -0.3 is 157 Å². The number of hydrogen-bond acceptors (Lipinski definition) is 42. The van der Waals surface area contributed by atoms with Crippen LogP contribution in [-0.2, 0) is 186 Å². The van der Waals surface area contributed by atoms with Gasteiger partial charge in [0, 0.05) is 165 Å². The van der Waals surface area contributed by atoms with E-state index in [1.165, 1.54) is 20.8 Å². The Balaban J connectivity index is 3.25. The Labute approximate surface area is 801 Å². The smallest absolute Gasteiger partial charge is 0.303 e. The third-order valence-electron chi connectivity index (χ3n) is 18.9. The molecule has 0 aromatic carbocycles. The molecule has 1 rings (SSSR count). The Hall–Kier alpha value is -10.3. The number of rotatable bonds is 80. The number of nitrogens with zero attached hydrogens (tertiary/aromatic N) is 3. The zero-order valence-corrected chi connectivity index (χ0v) is 81.4. The van der Waals surface area contributed by atoms with Gasteiger partial charge in [0.15, 0.2) is 43.3 Å². The number of carbonyl (C=O) groups excluding carboxylic acids is 17. The molecular weight excluding hydrogens is 1840 g/mol. The molecule has 138 heavy (non-hydrogen) atoms. The van der Waals surface area contributed by atoms with Crippen LogP contribution in [0.15, 0.2) is 5.11 Å². The number of carbonyl (C=O) groups is 17. The summed E-state index contributed by atoms with van der Waals surface area (Å²) in [6, 6.07) is -4.18. The fraction of sp³-hybridized carbons (Fsp3) is 0.802. The molecule has 1 aliphatic rings. The summed E-state index contributed by atoms with van der Waals surface area (Å²) in [4.78, 5) is 214. The molecule has 8 amide bonds. The highest BCUT2D eigenvalue weighted by atomic mass is 16.7. The Kier molecular flexibility index (Phi) is 68.9. The van der Waals surface area contributed by atoms with E-state index < -0.39 is 199 Å². The lowest BCUT2D eigenvalue weighted by Gasteiger charge is -2.44. The van der Waals surface area contributed by atoms with Crippen LogP contribution in [0.1, 0.15) is 161 Å². The van der Waals surface area contributed by atoms with Crippen LogP contribution >= 0.6 is 0 Å². The van der Waals surface area contributed by atoms with E-state index in [2.05, 4.69) is 52.6 Å². The molecule has 1 aliphatic heterocycles. The predicted molar refractivity (Wildman–Crippen MR) is 473 cm³/mol. The van der Waals surface area contributed by atoms with Crippen LogP contribution in [0.3, 0.4) is 0 Å². The number of amides is 8. The van der Waals surface area contributed by atoms with Crippen LogP contribution < -0.4 is 42.5 Å². The molecule has 52 nitrogen and oxygen atoms in total. The average Bonchev–Trinajstić information content (AvgIpc) is 0.786. The van der Waals surface area contributed by atoms with Crippen molar-refractivity contribution in [3.63, 3.8) is 0 Å². The minimum Gasteiger partial charge on any atom is -0.465 e. The van der Waals surface area contributed by atoms with E-state index in [9.17, 15) is 91.7 Å². The molecule has 0 aromatic heterocycles. The Morgan fingerprint density at radius 3 is 1.10 bits per heavy atom. The maximum absolute atomic E-state index is 14.0. The first-order chi connectivity index (χ1) is 65.6. The summed E-state index contributed by atoms with van der Waals surface area (Å²) in [6.07, 6.45) is -12.4. The molecule has 52 heteroatoms. The fourth-order valence-electron chi connectivity index (χ4n) is 12.9. The van der Waals surface area contributed by atoms with Crippen LogP contribution in [0.4, 0.5) is 0 Å². The lowest BCUT2D eigenvalue weighted by Crippen LogP contribution is -2.66. The minimum atomic E-state index is -1.85. The zero-order valence-electron chi connectivity index (χ0n) is 81.4. The predicted octanol–water partition coefficient (Wildman–Crippen LogP) is -1.86. The van der Waals surface area contributed by atoms with Gasteiger partial charge in [-0.25, -0.2) is 0 Å². The van der Waals surface area contributed by atoms with Gasteiger partial charge in [0.1, 0.15) is 48.6 Å². The van der Waals surface area contributed by atoms with Crippen molar-refractivity contribution < 1.29 is 196 Å². The van der Waals surface area contributed by atoms with Crippen molar-refractivity contribution in [3.8, 4) is 0 Å². The maximum Gasteiger partial charge on any atom is 0.303 e. The molecule has 1 fully saturated rings. The van der Waals surface area contributed by atoms with Gasteiger partial charge in [-0.3, -0.25) is 81.5 Å². The van der Waals surface area contributed by atoms with Crippen LogP contribution in [0.5, 0.6) is 0 Å². The summed E-state index contributed by atoms with van der Waals surface area (Å²) in [7, 11) is 0. The van der Waals surface area contributed by atoms with E-state index in [4.69, 9.17) is 110 Å². The number of aliphatic hydroxyl groups excluding tert-OH is 2. The molecule has 0 aliphatic carbocycles. The minimum absolute atomic E-state index is 0.0117. The first-order valence-electron chi connectivity index (χ1n) is 45.3. The molecule has 0 spiro atoms. The average molecular weight is 1990 g/mol. The molecule has 15 atom stereocenters. The summed E-state index contributed by atoms with van der Waals surface area (Å²) < 4.78 is 123. The lowest BCUT2D eigenvalue weighted by molar-refractivity contribution is -0.279. The lowest BCUT2D eigenvalue weighted by atomic mass is 9.94. The van der Waals surface area contributed by atoms with Gasteiger partial charge in [-0.15, -0.1) is 0 Å². The van der Waals surface area contributed by atoms with Crippen LogP contribution in [-0.4, -0.2) is 388 Å². The molecule has 10 N–H and O–H groups in total. The Bertz CT molecular complexity index is 3570. The van der Waals surface area contributed by atoms with E-state index in [-0.39, 0.29) is 216 Å². The molecule has 1 heterocycles. The van der Waals surface area contributed by atoms with E-state index in [1.807, 2.05) is 0 Å². The molecular formula is C86H145N11O41. The monoisotopic (exact) mass is 1990 g/mol. The normalized spacial score (nSPS) is 17.0. The molecule has 790 valence electrons. The SMILES string of the molecule is CC(=O)NC1[C@H](OCCOCCOCCNC(=O)CCOCC(COCCC(=O)NCCOCCOCCO[C@H](O)C(NC(C)=O)[C@@H](OC(C)=O)[C@@H](OC(C)=O)C(C)COC(C)=O)(COCCC(=O)NCCOCCOCCO[C@H](O)C(NC(C)=O)[C@@H](OC(C)=O)[C@@H](OC(C)=O)C(C)COC(C)=O)NC(=O)CCCCCCC(=O)NCCCN=[N+]=[N-])OC(COC(C)=O)[C@H](OC(C)=O)[C@@H]1OC(C)=O. The number of unbranched alkanes of at least 4 members (excludes halogenated alkanes) is 3. The highest BCUT2D eigenvalue weighted by Gasteiger charge is 2.52. The Morgan fingerprint density at radius 1 is 0.377 bits per heavy atom. The van der Waals surface area contributed by atoms with Crippen LogP contribution in [0.2, 0.25) is 0 Å². The fourth-order valence-corrected chi connectivity index (χ4v) is 12.9. The van der Waals surface area contributed by atoms with E-state index in [0.29, 0.717) is 38.6 Å². The first-order valence-corrected chi connectivity index (χ1v) is 45.3. The van der Waals surface area contributed by atoms with Gasteiger partial charge >= 0.3 is 53.7 Å². The van der Waals surface area contributed by atoms with Crippen LogP contribution in [0.25, 0.3) is 10.4 Å². The third-order valence-corrected chi connectivity index (χ3v) is 18.9. The molecule has 0 radical (unpaired) electrons. The number of azide groups is 1. The van der Waals surface area contributed by atoms with Crippen molar-refractivity contribution >= 4 is 101 Å². The van der Waals surface area contributed by atoms with Crippen molar-refractivity contribution in [3.05, 3.63) is 10.4 Å². The summed E-state index contributed by atoms with van der Waals surface area (Å²) in [6.45, 7) is 14.0. The standard InChI is InChI=1S/C86H145N11O41/c1-54(48-129-59(6)101)77(132-62(9)104)80(135-65(12)107)74(93-56(3)98)83(115)126-45-42-120-39-36-117-33-27-89-70(111)22-30-123-51-86(96-73(114)21-18-16-15-17-20-69(110)88-25-19-26-92-97-87,52-124-31-23-71(112)90-28-34-118-37-40-121-43-46-127-84(116)75(94-57(4)99)81(136-66(13)108)78(133-63(10)105)55(2)49-130-60(7)102)53-125-32-24-72(113)91-29-35-119-38-41-122-44-47-128-85-76(95-58(5)100)82(137-67(14)109)79(134-64(11)106)68(138-85)50-131-61(8)103/h54-55,68,74-85,115-116H,15-53H2,1-14H3,(H,88,110)(H,89,111)(H,90,112)(H,91,113)(H,93,98)(H,94,99)(H,95,100)(H,96,114)/t54?,55?,68?,74?,75?,76?,77-,78-,79-,80+,81+,82+,83-,84-,85+,86?/m0/s1. The molecule has 0 bridgehead atoms. The third kappa shape index (κ3) is 62.6. The van der Waals surface area contributed by atoms with E-state index >= 15 is 0 Å². The second-order valence-electron chi connectivity index (χ2n) is 31.5. The highest BCUT2D eigenvalue weighted by molar-refractivity contribution is 5.79.